The molecule has 0 unspecified atom stereocenters. The number of fused-ring (bicyclic) bond motifs is 1. The number of β-amino-alcohol motifs (C(OH)–C–C–N with tert-alkyl or cyclic N) is 1. The fourth-order valence-corrected chi connectivity index (χ4v) is 4.61. The van der Waals surface area contributed by atoms with E-state index in [1.807, 2.05) is 24.3 Å². The second-order valence-corrected chi connectivity index (χ2v) is 10.4. The molecule has 0 bridgehead atoms. The molecule has 1 aromatic heterocycles. The number of rotatable bonds is 8. The van der Waals surface area contributed by atoms with E-state index in [1.165, 1.54) is 0 Å². The van der Waals surface area contributed by atoms with Crippen LogP contribution in [0.15, 0.2) is 48.7 Å². The van der Waals surface area contributed by atoms with E-state index in [4.69, 9.17) is 67.5 Å². The van der Waals surface area contributed by atoms with Crippen LogP contribution < -0.4 is 15.4 Å². The Hall–Kier alpha value is -4.54. The summed E-state index contributed by atoms with van der Waals surface area (Å²) in [6, 6.07) is 12.9. The van der Waals surface area contributed by atoms with Crippen LogP contribution in [-0.4, -0.2) is 105 Å². The minimum absolute atomic E-state index is 0.165. The number of aliphatic hydroxyl groups excluding tert-OH is 1. The summed E-state index contributed by atoms with van der Waals surface area (Å²) in [6.07, 6.45) is 2.88. The summed E-state index contributed by atoms with van der Waals surface area (Å²) >= 11 is 12.1. The highest BCUT2D eigenvalue weighted by Crippen LogP contribution is 2.30. The number of nitrogens with one attached hydrogen (secondary N) is 2. The van der Waals surface area contributed by atoms with Crippen molar-refractivity contribution in [1.82, 2.24) is 15.2 Å². The number of aromatic nitrogens is 1. The van der Waals surface area contributed by atoms with Crippen molar-refractivity contribution in [2.45, 2.75) is 25.0 Å². The number of carboxylic acid groups (broad SMARTS) is 4. The first-order valence-electron chi connectivity index (χ1n) is 13.5. The third-order valence-corrected chi connectivity index (χ3v) is 7.32. The van der Waals surface area contributed by atoms with Gasteiger partial charge in [-0.2, -0.15) is 0 Å². The molecule has 2 aromatic carbocycles. The number of hydrogen-bond donors (Lipinski definition) is 7. The number of nitrogens with zero attached hydrogens (tertiary/aromatic N) is 2. The van der Waals surface area contributed by atoms with Crippen molar-refractivity contribution in [3.05, 3.63) is 64.3 Å². The van der Waals surface area contributed by atoms with Gasteiger partial charge < -0.3 is 45.8 Å². The molecule has 248 valence electrons. The van der Waals surface area contributed by atoms with Gasteiger partial charge in [-0.3, -0.25) is 9.78 Å². The van der Waals surface area contributed by atoms with Crippen LogP contribution in [0.5, 0.6) is 5.75 Å². The topological polar surface area (TPSA) is 236 Å². The van der Waals surface area contributed by atoms with Crippen LogP contribution >= 0.6 is 23.2 Å². The van der Waals surface area contributed by atoms with Crippen molar-refractivity contribution >= 4 is 69.6 Å². The molecule has 17 heteroatoms. The van der Waals surface area contributed by atoms with Gasteiger partial charge >= 0.3 is 23.9 Å². The number of aliphatic hydroxyl groups is 1. The molecule has 1 atom stereocenters. The first-order valence-corrected chi connectivity index (χ1v) is 14.2. The van der Waals surface area contributed by atoms with E-state index >= 15 is 0 Å². The van der Waals surface area contributed by atoms with Crippen molar-refractivity contribution in [2.75, 3.05) is 38.6 Å². The van der Waals surface area contributed by atoms with Crippen molar-refractivity contribution < 1.29 is 54.2 Å². The van der Waals surface area contributed by atoms with Crippen molar-refractivity contribution in [1.29, 1.82) is 0 Å². The van der Waals surface area contributed by atoms with Crippen LogP contribution in [0.2, 0.25) is 10.0 Å². The summed E-state index contributed by atoms with van der Waals surface area (Å²) in [7, 11) is 1.63. The molecule has 0 radical (unpaired) electrons. The number of halogens is 2. The SMILES string of the molecule is COc1ccc2nccc([C@@H](O)CN3CCC(NCC(=O)Nc4cccc(Cl)c4Cl)CC3)c2c1.O=C(O)C(=O)O.O=C(O)C(=O)O. The maximum absolute atomic E-state index is 12.3. The maximum Gasteiger partial charge on any atom is 0.414 e. The molecule has 1 aliphatic rings. The lowest BCUT2D eigenvalue weighted by atomic mass is 10.0. The molecule has 0 saturated carbocycles. The number of aliphatic carboxylic acids is 4. The molecule has 3 aromatic rings. The number of piperidine rings is 1. The van der Waals surface area contributed by atoms with E-state index in [0.717, 1.165) is 48.1 Å². The second kappa shape index (κ2) is 18.4. The highest BCUT2D eigenvalue weighted by molar-refractivity contribution is 6.44. The van der Waals surface area contributed by atoms with Gasteiger partial charge in [-0.05, 0) is 67.9 Å². The summed E-state index contributed by atoms with van der Waals surface area (Å²) in [5.74, 6) is -6.72. The molecule has 7 N–H and O–H groups in total. The predicted molar refractivity (Wildman–Crippen MR) is 166 cm³/mol. The van der Waals surface area contributed by atoms with Crippen LogP contribution in [0.4, 0.5) is 5.69 Å². The summed E-state index contributed by atoms with van der Waals surface area (Å²) in [4.78, 5) is 55.3. The largest absolute Gasteiger partial charge is 0.497 e. The molecule has 15 nitrogen and oxygen atoms in total. The number of carbonyl (C=O) groups excluding carboxylic acids is 1. The van der Waals surface area contributed by atoms with Crippen LogP contribution in [0.3, 0.4) is 0 Å². The molecular formula is C29H32Cl2N4O11. The Morgan fingerprint density at radius 2 is 1.57 bits per heavy atom. The average molecular weight is 683 g/mol. The Kier molecular flexibility index (Phi) is 15.1. The van der Waals surface area contributed by atoms with Gasteiger partial charge in [-0.15, -0.1) is 0 Å². The highest BCUT2D eigenvalue weighted by Gasteiger charge is 2.23. The Labute approximate surface area is 272 Å². The van der Waals surface area contributed by atoms with Gasteiger partial charge in [0, 0.05) is 24.2 Å². The smallest absolute Gasteiger partial charge is 0.414 e. The van der Waals surface area contributed by atoms with Crippen LogP contribution in [0.25, 0.3) is 10.9 Å². The number of amides is 1. The maximum atomic E-state index is 12.3. The van der Waals surface area contributed by atoms with Crippen molar-refractivity contribution in [3.63, 3.8) is 0 Å². The lowest BCUT2D eigenvalue weighted by molar-refractivity contribution is -0.159. The quantitative estimate of drug-likeness (QED) is 0.169. The number of ether oxygens (including phenoxy) is 1. The Morgan fingerprint density at radius 1 is 0.957 bits per heavy atom. The molecule has 2 heterocycles. The van der Waals surface area contributed by atoms with Crippen LogP contribution in [0.1, 0.15) is 24.5 Å². The summed E-state index contributed by atoms with van der Waals surface area (Å²) in [5, 5.41) is 48.3. The van der Waals surface area contributed by atoms with Gasteiger partial charge in [0.1, 0.15) is 5.75 Å². The Bertz CT molecular complexity index is 1500. The van der Waals surface area contributed by atoms with Crippen LogP contribution in [0, 0.1) is 0 Å². The number of carboxylic acids is 4. The predicted octanol–water partition coefficient (Wildman–Crippen LogP) is 2.59. The lowest BCUT2D eigenvalue weighted by Gasteiger charge is -2.33. The second-order valence-electron chi connectivity index (χ2n) is 9.63. The molecule has 1 saturated heterocycles. The zero-order valence-corrected chi connectivity index (χ0v) is 25.9. The first-order chi connectivity index (χ1) is 21.7. The number of hydrogen-bond acceptors (Lipinski definition) is 10. The van der Waals surface area contributed by atoms with Crippen molar-refractivity contribution in [2.24, 2.45) is 0 Å². The molecular weight excluding hydrogens is 651 g/mol. The monoisotopic (exact) mass is 682 g/mol. The van der Waals surface area contributed by atoms with E-state index in [1.54, 1.807) is 31.5 Å². The standard InChI is InChI=1S/C25H28Cl2N4O3.2C2H2O4/c1-34-17-5-6-21-19(13-17)18(7-10-28-21)23(32)15-31-11-8-16(9-12-31)29-14-24(33)30-22-4-2-3-20(26)25(22)27;2*3-1(4)2(5)6/h2-7,10,13,16,23,29,32H,8-9,11-12,14-15H2,1H3,(H,30,33);2*(H,3,4)(H,5,6)/t23-;;/m0../s1. The summed E-state index contributed by atoms with van der Waals surface area (Å²) in [5.41, 5.74) is 2.18. The molecule has 4 rings (SSSR count). The fraction of sp³-hybridized carbons (Fsp3) is 0.310. The average Bonchev–Trinajstić information content (AvgIpc) is 3.02. The Morgan fingerprint density at radius 3 is 2.13 bits per heavy atom. The first kappa shape index (κ1) is 37.6. The number of carbonyl (C=O) groups is 5. The zero-order valence-electron chi connectivity index (χ0n) is 24.4. The summed E-state index contributed by atoms with van der Waals surface area (Å²) in [6.45, 7) is 2.41. The molecule has 1 aliphatic heterocycles. The summed E-state index contributed by atoms with van der Waals surface area (Å²) < 4.78 is 5.34. The van der Waals surface area contributed by atoms with E-state index in [0.29, 0.717) is 22.3 Å². The number of anilines is 1. The van der Waals surface area contributed by atoms with Gasteiger partial charge in [0.15, 0.2) is 0 Å². The number of likely N-dealkylation sites (tertiary alicyclic amines) is 1. The molecule has 0 spiro atoms. The van der Waals surface area contributed by atoms with Gasteiger partial charge in [0.05, 0.1) is 41.0 Å². The molecule has 0 aliphatic carbocycles. The zero-order chi connectivity index (χ0) is 34.4. The van der Waals surface area contributed by atoms with Gasteiger partial charge in [-0.25, -0.2) is 19.2 Å². The molecule has 1 fully saturated rings. The van der Waals surface area contributed by atoms with Crippen LogP contribution in [-0.2, 0) is 24.0 Å². The van der Waals surface area contributed by atoms with Gasteiger partial charge in [0.2, 0.25) is 5.91 Å². The van der Waals surface area contributed by atoms with E-state index < -0.39 is 30.0 Å². The van der Waals surface area contributed by atoms with Gasteiger partial charge in [0.25, 0.3) is 0 Å². The third kappa shape index (κ3) is 12.1. The number of methoxy groups -OCH3 is 1. The third-order valence-electron chi connectivity index (χ3n) is 6.50. The van der Waals surface area contributed by atoms with E-state index in [2.05, 4.69) is 20.5 Å². The van der Waals surface area contributed by atoms with Gasteiger partial charge in [-0.1, -0.05) is 29.3 Å². The lowest BCUT2D eigenvalue weighted by Crippen LogP contribution is -2.45. The fourth-order valence-electron chi connectivity index (χ4n) is 4.26. The molecule has 46 heavy (non-hydrogen) atoms. The minimum atomic E-state index is -1.82. The number of benzene rings is 2. The molecule has 1 amide bonds. The van der Waals surface area contributed by atoms with E-state index in [-0.39, 0.29) is 18.5 Å². The van der Waals surface area contributed by atoms with E-state index in [9.17, 15) is 9.90 Å². The Balaban J connectivity index is 0.000000522. The highest BCUT2D eigenvalue weighted by atomic mass is 35.5. The number of pyridine rings is 1. The normalized spacial score (nSPS) is 13.7. The van der Waals surface area contributed by atoms with Crippen molar-refractivity contribution in [3.8, 4) is 5.75 Å². The minimum Gasteiger partial charge on any atom is -0.497 e.